The number of nitrogens with zero attached hydrogens (tertiary/aromatic N) is 2. The molecule has 1 aromatic carbocycles. The maximum Gasteiger partial charge on any atom is 0.286 e. The number of carbonyl (C=O) groups excluding carboxylic acids is 2. The Morgan fingerprint density at radius 2 is 1.63 bits per heavy atom. The third-order valence-corrected chi connectivity index (χ3v) is 5.60. The highest BCUT2D eigenvalue weighted by Crippen LogP contribution is 2.20. The summed E-state index contributed by atoms with van der Waals surface area (Å²) in [5.41, 5.74) is 6.06. The normalized spacial score (nSPS) is 11.5. The first-order valence-corrected chi connectivity index (χ1v) is 9.47. The highest BCUT2D eigenvalue weighted by Gasteiger charge is 2.20. The Morgan fingerprint density at radius 3 is 2.33 bits per heavy atom. The molecule has 0 fully saturated rings. The summed E-state index contributed by atoms with van der Waals surface area (Å²) in [6.45, 7) is 0. The van der Waals surface area contributed by atoms with E-state index in [4.69, 9.17) is 0 Å². The first kappa shape index (κ1) is 18.7. The predicted octanol–water partition coefficient (Wildman–Crippen LogP) is 0.500. The Morgan fingerprint density at radius 1 is 0.963 bits per heavy atom. The van der Waals surface area contributed by atoms with Gasteiger partial charge in [-0.15, -0.1) is 0 Å². The second-order valence-corrected chi connectivity index (χ2v) is 7.85. The van der Waals surface area contributed by atoms with Crippen molar-refractivity contribution in [3.05, 3.63) is 54.0 Å². The van der Waals surface area contributed by atoms with Crippen LogP contribution in [0.3, 0.4) is 0 Å². The topological polar surface area (TPSA) is 114 Å². The second kappa shape index (κ2) is 6.89. The lowest BCUT2D eigenvalue weighted by Crippen LogP contribution is -2.42. The number of aromatic nitrogens is 2. The number of nitrogens with one attached hydrogen (secondary N) is 3. The van der Waals surface area contributed by atoms with E-state index in [0.29, 0.717) is 5.56 Å². The standard InChI is InChI=1S/C17H19N5O4S/c1-18-27(25,26)11-8-15(21(2)9-11)17(24)20-19-16(23)13-10-22(3)14-7-5-4-6-12(13)14/h4-10,18H,1-3H3,(H,19,23)(H,20,24). The number of benzene rings is 1. The van der Waals surface area contributed by atoms with Gasteiger partial charge in [-0.3, -0.25) is 20.4 Å². The molecule has 9 nitrogen and oxygen atoms in total. The van der Waals surface area contributed by atoms with Crippen LogP contribution in [0.1, 0.15) is 20.8 Å². The molecule has 142 valence electrons. The average molecular weight is 389 g/mol. The van der Waals surface area contributed by atoms with Crippen LogP contribution in [0.2, 0.25) is 0 Å². The molecule has 27 heavy (non-hydrogen) atoms. The summed E-state index contributed by atoms with van der Waals surface area (Å²) in [4.78, 5) is 24.7. The van der Waals surface area contributed by atoms with Crippen molar-refractivity contribution in [3.8, 4) is 0 Å². The van der Waals surface area contributed by atoms with Gasteiger partial charge in [-0.1, -0.05) is 18.2 Å². The fourth-order valence-electron chi connectivity index (χ4n) is 2.79. The van der Waals surface area contributed by atoms with Crippen LogP contribution in [0.15, 0.2) is 47.6 Å². The Labute approximate surface area is 156 Å². The number of fused-ring (bicyclic) bond motifs is 1. The van der Waals surface area contributed by atoms with Crippen molar-refractivity contribution >= 4 is 32.7 Å². The van der Waals surface area contributed by atoms with Gasteiger partial charge in [0.2, 0.25) is 10.0 Å². The molecule has 0 unspecified atom stereocenters. The zero-order valence-electron chi connectivity index (χ0n) is 15.0. The number of hydrazine groups is 1. The molecule has 0 bridgehead atoms. The van der Waals surface area contributed by atoms with Gasteiger partial charge >= 0.3 is 0 Å². The zero-order valence-corrected chi connectivity index (χ0v) is 15.8. The van der Waals surface area contributed by atoms with Gasteiger partial charge in [0.25, 0.3) is 11.8 Å². The summed E-state index contributed by atoms with van der Waals surface area (Å²) in [5, 5.41) is 0.757. The molecule has 0 radical (unpaired) electrons. The van der Waals surface area contributed by atoms with Crippen LogP contribution >= 0.6 is 0 Å². The molecule has 2 heterocycles. The van der Waals surface area contributed by atoms with Crippen molar-refractivity contribution in [1.82, 2.24) is 24.7 Å². The van der Waals surface area contributed by atoms with Gasteiger partial charge in [-0.05, 0) is 19.2 Å². The van der Waals surface area contributed by atoms with Crippen LogP contribution in [0, 0.1) is 0 Å². The Hall–Kier alpha value is -3.11. The fourth-order valence-corrected chi connectivity index (χ4v) is 3.59. The van der Waals surface area contributed by atoms with E-state index in [9.17, 15) is 18.0 Å². The molecule has 3 aromatic rings. The van der Waals surface area contributed by atoms with Crippen LogP contribution in [0.5, 0.6) is 0 Å². The smallest absolute Gasteiger partial charge is 0.286 e. The first-order chi connectivity index (χ1) is 12.7. The molecule has 3 N–H and O–H groups in total. The van der Waals surface area contributed by atoms with E-state index < -0.39 is 21.8 Å². The lowest BCUT2D eigenvalue weighted by molar-refractivity contribution is 0.0843. The molecule has 0 aliphatic rings. The van der Waals surface area contributed by atoms with Gasteiger partial charge < -0.3 is 9.13 Å². The summed E-state index contributed by atoms with van der Waals surface area (Å²) in [7, 11) is 0.977. The molecule has 2 aromatic heterocycles. The molecule has 3 rings (SSSR count). The van der Waals surface area contributed by atoms with E-state index >= 15 is 0 Å². The predicted molar refractivity (Wildman–Crippen MR) is 99.5 cm³/mol. The van der Waals surface area contributed by atoms with Crippen molar-refractivity contribution < 1.29 is 18.0 Å². The SMILES string of the molecule is CNS(=O)(=O)c1cc(C(=O)NNC(=O)c2cn(C)c3ccccc23)n(C)c1. The van der Waals surface area contributed by atoms with Crippen molar-refractivity contribution in [2.45, 2.75) is 4.90 Å². The van der Waals surface area contributed by atoms with Gasteiger partial charge in [0.15, 0.2) is 0 Å². The van der Waals surface area contributed by atoms with Gasteiger partial charge in [-0.25, -0.2) is 13.1 Å². The van der Waals surface area contributed by atoms with E-state index in [1.807, 2.05) is 35.9 Å². The molecule has 2 amide bonds. The third-order valence-electron chi connectivity index (χ3n) is 4.22. The molecule has 0 saturated carbocycles. The van der Waals surface area contributed by atoms with E-state index in [2.05, 4.69) is 15.6 Å². The minimum Gasteiger partial charge on any atom is -0.350 e. The summed E-state index contributed by atoms with van der Waals surface area (Å²) >= 11 is 0. The van der Waals surface area contributed by atoms with Crippen molar-refractivity contribution in [2.75, 3.05) is 7.05 Å². The molecule has 0 aliphatic carbocycles. The van der Waals surface area contributed by atoms with E-state index in [1.165, 1.54) is 30.9 Å². The maximum absolute atomic E-state index is 12.5. The lowest BCUT2D eigenvalue weighted by atomic mass is 10.2. The number of carbonyl (C=O) groups is 2. The summed E-state index contributed by atoms with van der Waals surface area (Å²) in [6.07, 6.45) is 2.99. The van der Waals surface area contributed by atoms with Crippen LogP contribution < -0.4 is 15.6 Å². The number of sulfonamides is 1. The fraction of sp³-hybridized carbons (Fsp3) is 0.176. The number of aryl methyl sites for hydroxylation is 2. The lowest BCUT2D eigenvalue weighted by Gasteiger charge is -2.07. The Kier molecular flexibility index (Phi) is 4.77. The van der Waals surface area contributed by atoms with Gasteiger partial charge in [-0.2, -0.15) is 0 Å². The molecular formula is C17H19N5O4S. The number of hydrogen-bond acceptors (Lipinski definition) is 4. The minimum absolute atomic E-state index is 0.0435. The van der Waals surface area contributed by atoms with Crippen molar-refractivity contribution in [2.24, 2.45) is 14.1 Å². The second-order valence-electron chi connectivity index (χ2n) is 5.96. The molecule has 0 spiro atoms. The minimum atomic E-state index is -3.67. The molecule has 0 aliphatic heterocycles. The molecule has 0 atom stereocenters. The average Bonchev–Trinajstić information content (AvgIpc) is 3.21. The monoisotopic (exact) mass is 389 g/mol. The van der Waals surface area contributed by atoms with Crippen LogP contribution in [0.4, 0.5) is 0 Å². The third kappa shape index (κ3) is 3.44. The number of rotatable bonds is 4. The van der Waals surface area contributed by atoms with Crippen LogP contribution in [0.25, 0.3) is 10.9 Å². The number of amides is 2. The zero-order chi connectivity index (χ0) is 19.8. The largest absolute Gasteiger partial charge is 0.350 e. The van der Waals surface area contributed by atoms with Crippen LogP contribution in [-0.4, -0.2) is 36.4 Å². The van der Waals surface area contributed by atoms with Gasteiger partial charge in [0, 0.05) is 37.4 Å². The van der Waals surface area contributed by atoms with E-state index in [-0.39, 0.29) is 10.6 Å². The molecule has 10 heteroatoms. The van der Waals surface area contributed by atoms with Crippen molar-refractivity contribution in [3.63, 3.8) is 0 Å². The van der Waals surface area contributed by atoms with E-state index in [1.54, 1.807) is 6.20 Å². The van der Waals surface area contributed by atoms with Crippen molar-refractivity contribution in [1.29, 1.82) is 0 Å². The van der Waals surface area contributed by atoms with Gasteiger partial charge in [0.1, 0.15) is 10.6 Å². The van der Waals surface area contributed by atoms with E-state index in [0.717, 1.165) is 10.9 Å². The number of hydrogen-bond donors (Lipinski definition) is 3. The maximum atomic E-state index is 12.5. The molecule has 0 saturated heterocycles. The molecular weight excluding hydrogens is 370 g/mol. The van der Waals surface area contributed by atoms with Crippen LogP contribution in [-0.2, 0) is 24.1 Å². The Balaban J connectivity index is 1.77. The first-order valence-electron chi connectivity index (χ1n) is 7.99. The number of para-hydroxylation sites is 1. The Bertz CT molecular complexity index is 1140. The summed E-state index contributed by atoms with van der Waals surface area (Å²) in [6, 6.07) is 8.63. The highest BCUT2D eigenvalue weighted by molar-refractivity contribution is 7.89. The quantitative estimate of drug-likeness (QED) is 0.564. The highest BCUT2D eigenvalue weighted by atomic mass is 32.2. The summed E-state index contributed by atoms with van der Waals surface area (Å²) in [5.74, 6) is -1.11. The summed E-state index contributed by atoms with van der Waals surface area (Å²) < 4.78 is 29.0. The van der Waals surface area contributed by atoms with Gasteiger partial charge in [0.05, 0.1) is 5.56 Å².